The summed E-state index contributed by atoms with van der Waals surface area (Å²) in [5.74, 6) is 0.692. The van der Waals surface area contributed by atoms with Gasteiger partial charge in [0.2, 0.25) is 0 Å². The molecule has 21 heavy (non-hydrogen) atoms. The standard InChI is InChI=1S/C16H19ClN2O2/c1-12-18-15(11-21-12)10-19-7-5-16(20,6-8-19)13-3-2-4-14(17)9-13/h2-4,9,11,20H,5-8,10H2,1H3. The van der Waals surface area contributed by atoms with Crippen LogP contribution in [0, 0.1) is 6.92 Å². The van der Waals surface area contributed by atoms with Crippen LogP contribution in [0.1, 0.15) is 30.0 Å². The number of aryl methyl sites for hydroxylation is 1. The summed E-state index contributed by atoms with van der Waals surface area (Å²) < 4.78 is 5.23. The Morgan fingerprint density at radius 1 is 1.38 bits per heavy atom. The largest absolute Gasteiger partial charge is 0.449 e. The molecule has 1 aliphatic heterocycles. The van der Waals surface area contributed by atoms with Crippen LogP contribution in [0.3, 0.4) is 0 Å². The molecular formula is C16H19ClN2O2. The number of oxazole rings is 1. The second-order valence-corrected chi connectivity index (χ2v) is 6.11. The summed E-state index contributed by atoms with van der Waals surface area (Å²) in [6, 6.07) is 7.53. The lowest BCUT2D eigenvalue weighted by molar-refractivity contribution is -0.0279. The normalized spacial score (nSPS) is 18.8. The zero-order valence-corrected chi connectivity index (χ0v) is 12.8. The van der Waals surface area contributed by atoms with Gasteiger partial charge in [0.05, 0.1) is 11.3 Å². The number of aromatic nitrogens is 1. The maximum atomic E-state index is 10.8. The van der Waals surface area contributed by atoms with Crippen LogP contribution in [0.5, 0.6) is 0 Å². The van der Waals surface area contributed by atoms with Crippen molar-refractivity contribution in [3.05, 3.63) is 52.7 Å². The molecule has 0 amide bonds. The topological polar surface area (TPSA) is 49.5 Å². The number of nitrogens with zero attached hydrogens (tertiary/aromatic N) is 2. The maximum absolute atomic E-state index is 10.8. The minimum absolute atomic E-state index is 0.668. The summed E-state index contributed by atoms with van der Waals surface area (Å²) in [7, 11) is 0. The van der Waals surface area contributed by atoms with E-state index < -0.39 is 5.60 Å². The molecule has 1 aliphatic rings. The molecule has 0 spiro atoms. The van der Waals surface area contributed by atoms with Crippen molar-refractivity contribution in [2.24, 2.45) is 0 Å². The molecule has 0 bridgehead atoms. The van der Waals surface area contributed by atoms with Crippen LogP contribution >= 0.6 is 11.6 Å². The number of rotatable bonds is 3. The Hall–Kier alpha value is -1.36. The molecule has 2 heterocycles. The summed E-state index contributed by atoms with van der Waals surface area (Å²) >= 11 is 6.02. The maximum Gasteiger partial charge on any atom is 0.191 e. The van der Waals surface area contributed by atoms with E-state index in [4.69, 9.17) is 16.0 Å². The predicted octanol–water partition coefficient (Wildman–Crippen LogP) is 3.12. The zero-order chi connectivity index (χ0) is 14.9. The van der Waals surface area contributed by atoms with E-state index in [0.717, 1.165) is 30.9 Å². The summed E-state index contributed by atoms with van der Waals surface area (Å²) in [4.78, 5) is 6.61. The van der Waals surface area contributed by atoms with Crippen molar-refractivity contribution in [2.75, 3.05) is 13.1 Å². The van der Waals surface area contributed by atoms with Gasteiger partial charge in [-0.2, -0.15) is 0 Å². The van der Waals surface area contributed by atoms with Crippen LogP contribution in [-0.4, -0.2) is 28.1 Å². The van der Waals surface area contributed by atoms with Gasteiger partial charge in [-0.25, -0.2) is 4.98 Å². The Kier molecular flexibility index (Phi) is 4.02. The van der Waals surface area contributed by atoms with Gasteiger partial charge in [-0.15, -0.1) is 0 Å². The number of aliphatic hydroxyl groups is 1. The van der Waals surface area contributed by atoms with E-state index in [9.17, 15) is 5.11 Å². The summed E-state index contributed by atoms with van der Waals surface area (Å²) in [6.07, 6.45) is 3.10. The highest BCUT2D eigenvalue weighted by Gasteiger charge is 2.34. The average molecular weight is 307 g/mol. The molecule has 4 nitrogen and oxygen atoms in total. The van der Waals surface area contributed by atoms with E-state index in [1.54, 1.807) is 6.26 Å². The lowest BCUT2D eigenvalue weighted by Crippen LogP contribution is -2.42. The van der Waals surface area contributed by atoms with Gasteiger partial charge in [0.25, 0.3) is 0 Å². The number of hydrogen-bond donors (Lipinski definition) is 1. The Morgan fingerprint density at radius 2 is 2.14 bits per heavy atom. The van der Waals surface area contributed by atoms with Crippen molar-refractivity contribution in [1.82, 2.24) is 9.88 Å². The Balaban J connectivity index is 1.64. The van der Waals surface area contributed by atoms with E-state index in [0.29, 0.717) is 23.8 Å². The molecule has 0 atom stereocenters. The highest BCUT2D eigenvalue weighted by molar-refractivity contribution is 6.30. The Bertz CT molecular complexity index is 618. The van der Waals surface area contributed by atoms with Crippen molar-refractivity contribution in [1.29, 1.82) is 0 Å². The molecule has 0 aliphatic carbocycles. The molecule has 112 valence electrons. The summed E-state index contributed by atoms with van der Waals surface area (Å²) in [5, 5.41) is 11.5. The number of benzene rings is 1. The van der Waals surface area contributed by atoms with Gasteiger partial charge in [-0.05, 0) is 30.5 Å². The van der Waals surface area contributed by atoms with Gasteiger partial charge in [-0.3, -0.25) is 4.90 Å². The molecule has 3 rings (SSSR count). The minimum Gasteiger partial charge on any atom is -0.449 e. The van der Waals surface area contributed by atoms with Crippen LogP contribution in [0.2, 0.25) is 5.02 Å². The van der Waals surface area contributed by atoms with Crippen molar-refractivity contribution in [2.45, 2.75) is 31.9 Å². The van der Waals surface area contributed by atoms with Gasteiger partial charge in [0.1, 0.15) is 6.26 Å². The molecule has 1 saturated heterocycles. The molecule has 0 unspecified atom stereocenters. The van der Waals surface area contributed by atoms with Crippen LogP contribution in [0.15, 0.2) is 34.9 Å². The monoisotopic (exact) mass is 306 g/mol. The lowest BCUT2D eigenvalue weighted by Gasteiger charge is -2.38. The first-order valence-corrected chi connectivity index (χ1v) is 7.55. The first kappa shape index (κ1) is 14.6. The van der Waals surface area contributed by atoms with Crippen LogP contribution in [0.4, 0.5) is 0 Å². The third-order valence-corrected chi connectivity index (χ3v) is 4.33. The fourth-order valence-electron chi connectivity index (χ4n) is 2.86. The molecule has 1 aromatic heterocycles. The fraction of sp³-hybridized carbons (Fsp3) is 0.438. The molecule has 5 heteroatoms. The van der Waals surface area contributed by atoms with Crippen molar-refractivity contribution in [3.63, 3.8) is 0 Å². The minimum atomic E-state index is -0.777. The predicted molar refractivity (Wildman–Crippen MR) is 81.1 cm³/mol. The highest BCUT2D eigenvalue weighted by atomic mass is 35.5. The Morgan fingerprint density at radius 3 is 2.76 bits per heavy atom. The first-order chi connectivity index (χ1) is 10.0. The zero-order valence-electron chi connectivity index (χ0n) is 12.1. The van der Waals surface area contributed by atoms with Crippen LogP contribution in [0.25, 0.3) is 0 Å². The smallest absolute Gasteiger partial charge is 0.191 e. The van der Waals surface area contributed by atoms with E-state index in [1.807, 2.05) is 31.2 Å². The second-order valence-electron chi connectivity index (χ2n) is 5.68. The third-order valence-electron chi connectivity index (χ3n) is 4.10. The van der Waals surface area contributed by atoms with Gasteiger partial charge in [-0.1, -0.05) is 23.7 Å². The van der Waals surface area contributed by atoms with Gasteiger partial charge in [0.15, 0.2) is 5.89 Å². The lowest BCUT2D eigenvalue weighted by atomic mass is 9.84. The number of likely N-dealkylation sites (tertiary alicyclic amines) is 1. The van der Waals surface area contributed by atoms with Gasteiger partial charge >= 0.3 is 0 Å². The summed E-state index contributed by atoms with van der Waals surface area (Å²) in [6.45, 7) is 4.27. The van der Waals surface area contributed by atoms with Crippen LogP contribution < -0.4 is 0 Å². The van der Waals surface area contributed by atoms with Gasteiger partial charge in [0, 0.05) is 31.6 Å². The summed E-state index contributed by atoms with van der Waals surface area (Å²) in [5.41, 5.74) is 1.08. The Labute approximate surface area is 129 Å². The fourth-order valence-corrected chi connectivity index (χ4v) is 3.05. The van der Waals surface area contributed by atoms with Crippen LogP contribution in [-0.2, 0) is 12.1 Å². The SMILES string of the molecule is Cc1nc(CN2CCC(O)(c3cccc(Cl)c3)CC2)co1. The molecule has 1 fully saturated rings. The second kappa shape index (κ2) is 5.79. The van der Waals surface area contributed by atoms with Crippen molar-refractivity contribution < 1.29 is 9.52 Å². The quantitative estimate of drug-likeness (QED) is 0.946. The number of piperidine rings is 1. The van der Waals surface area contributed by atoms with E-state index >= 15 is 0 Å². The molecule has 0 saturated carbocycles. The van der Waals surface area contributed by atoms with E-state index in [1.165, 1.54) is 0 Å². The molecule has 0 radical (unpaired) electrons. The first-order valence-electron chi connectivity index (χ1n) is 7.17. The molecular weight excluding hydrogens is 288 g/mol. The van der Waals surface area contributed by atoms with Gasteiger partial charge < -0.3 is 9.52 Å². The number of hydrogen-bond acceptors (Lipinski definition) is 4. The van der Waals surface area contributed by atoms with E-state index in [2.05, 4.69) is 9.88 Å². The third kappa shape index (κ3) is 3.28. The molecule has 1 aromatic carbocycles. The molecule has 2 aromatic rings. The average Bonchev–Trinajstić information content (AvgIpc) is 2.87. The highest BCUT2D eigenvalue weighted by Crippen LogP contribution is 2.34. The van der Waals surface area contributed by atoms with Crippen molar-refractivity contribution >= 4 is 11.6 Å². The van der Waals surface area contributed by atoms with E-state index in [-0.39, 0.29) is 0 Å². The van der Waals surface area contributed by atoms with Crippen molar-refractivity contribution in [3.8, 4) is 0 Å². The number of halogens is 1. The molecule has 1 N–H and O–H groups in total.